The van der Waals surface area contributed by atoms with E-state index in [-0.39, 0.29) is 25.1 Å². The molecule has 6 atom stereocenters. The van der Waals surface area contributed by atoms with E-state index >= 15 is 0 Å². The molecule has 0 spiro atoms. The first-order valence-electron chi connectivity index (χ1n) is 11.2. The number of hydrogen-bond acceptors (Lipinski definition) is 6. The molecule has 0 aromatic heterocycles. The van der Waals surface area contributed by atoms with Crippen LogP contribution in [0, 0.1) is 17.8 Å². The molecule has 2 heterocycles. The smallest absolute Gasteiger partial charge is 0.384 e. The van der Waals surface area contributed by atoms with Gasteiger partial charge in [0.25, 0.3) is 0 Å². The normalized spacial score (nSPS) is 30.9. The topological polar surface area (TPSA) is 74.2 Å². The van der Waals surface area contributed by atoms with Gasteiger partial charge in [-0.2, -0.15) is 0 Å². The van der Waals surface area contributed by atoms with Gasteiger partial charge >= 0.3 is 5.97 Å². The van der Waals surface area contributed by atoms with Gasteiger partial charge in [0, 0.05) is 25.9 Å². The van der Waals surface area contributed by atoms with Gasteiger partial charge in [-0.05, 0) is 31.6 Å². The second-order valence-electron chi connectivity index (χ2n) is 8.41. The molecule has 0 aromatic carbocycles. The van der Waals surface area contributed by atoms with Crippen molar-refractivity contribution in [2.45, 2.75) is 76.0 Å². The Kier molecular flexibility index (Phi) is 11.5. The van der Waals surface area contributed by atoms with Gasteiger partial charge in [0.1, 0.15) is 19.0 Å². The number of esters is 1. The number of carbonyl (C=O) groups excluding carboxylic acids is 1. The van der Waals surface area contributed by atoms with E-state index in [2.05, 4.69) is 38.0 Å². The van der Waals surface area contributed by atoms with Gasteiger partial charge in [-0.25, -0.2) is 4.79 Å². The second-order valence-corrected chi connectivity index (χ2v) is 8.41. The molecule has 0 fully saturated rings. The first-order chi connectivity index (χ1) is 15.4. The molecule has 6 nitrogen and oxygen atoms in total. The SMILES string of the molecule is C=C[C@H](O)[C@@H]1CC=C[C@@H](OCOC)CC(=C)C[C@H](C)C[C@@H]2CC=C[C@@H](CC#CC(=O)O1)O2. The number of cyclic esters (lactones) is 1. The summed E-state index contributed by atoms with van der Waals surface area (Å²) in [6.45, 7) is 10.2. The summed E-state index contributed by atoms with van der Waals surface area (Å²) in [4.78, 5) is 12.2. The third-order valence-electron chi connectivity index (χ3n) is 5.40. The molecule has 0 radical (unpaired) electrons. The third-order valence-corrected chi connectivity index (χ3v) is 5.40. The minimum absolute atomic E-state index is 0.119. The van der Waals surface area contributed by atoms with Crippen LogP contribution in [-0.2, 0) is 23.7 Å². The minimum Gasteiger partial charge on any atom is -0.449 e. The Morgan fingerprint density at radius 3 is 2.84 bits per heavy atom. The van der Waals surface area contributed by atoms with Crippen LogP contribution in [0.1, 0.15) is 45.4 Å². The van der Waals surface area contributed by atoms with Crippen LogP contribution in [0.25, 0.3) is 0 Å². The molecule has 0 amide bonds. The van der Waals surface area contributed by atoms with Crippen LogP contribution >= 0.6 is 0 Å². The highest BCUT2D eigenvalue weighted by atomic mass is 16.7. The third kappa shape index (κ3) is 9.54. The summed E-state index contributed by atoms with van der Waals surface area (Å²) in [6, 6.07) is 0. The van der Waals surface area contributed by atoms with Gasteiger partial charge < -0.3 is 24.1 Å². The Labute approximate surface area is 192 Å². The molecular formula is C26H36O6. The lowest BCUT2D eigenvalue weighted by molar-refractivity contribution is -0.145. The molecule has 0 aliphatic carbocycles. The van der Waals surface area contributed by atoms with Gasteiger partial charge in [-0.15, -0.1) is 6.58 Å². The number of methoxy groups -OCH3 is 1. The fourth-order valence-electron chi connectivity index (χ4n) is 3.89. The van der Waals surface area contributed by atoms with E-state index in [0.717, 1.165) is 24.8 Å². The van der Waals surface area contributed by atoms with E-state index in [4.69, 9.17) is 18.9 Å². The molecule has 2 bridgehead atoms. The van der Waals surface area contributed by atoms with Crippen molar-refractivity contribution in [1.29, 1.82) is 0 Å². The van der Waals surface area contributed by atoms with Crippen molar-refractivity contribution in [3.63, 3.8) is 0 Å². The number of fused-ring (bicyclic) bond motifs is 2. The van der Waals surface area contributed by atoms with Gasteiger partial charge in [0.05, 0.1) is 18.3 Å². The van der Waals surface area contributed by atoms with Crippen LogP contribution in [0.5, 0.6) is 0 Å². The fourth-order valence-corrected chi connectivity index (χ4v) is 3.89. The van der Waals surface area contributed by atoms with Gasteiger partial charge in [-0.3, -0.25) is 0 Å². The zero-order chi connectivity index (χ0) is 23.3. The molecule has 0 saturated heterocycles. The lowest BCUT2D eigenvalue weighted by Crippen LogP contribution is -2.29. The maximum absolute atomic E-state index is 12.2. The zero-order valence-electron chi connectivity index (χ0n) is 19.2. The molecule has 2 aliphatic heterocycles. The van der Waals surface area contributed by atoms with Crippen molar-refractivity contribution in [2.75, 3.05) is 13.9 Å². The van der Waals surface area contributed by atoms with Crippen LogP contribution in [0.2, 0.25) is 0 Å². The van der Waals surface area contributed by atoms with E-state index in [0.29, 0.717) is 25.2 Å². The minimum atomic E-state index is -1.00. The highest BCUT2D eigenvalue weighted by molar-refractivity contribution is 5.88. The molecule has 0 aromatic rings. The molecule has 6 heteroatoms. The maximum atomic E-state index is 12.2. The quantitative estimate of drug-likeness (QED) is 0.228. The molecule has 1 N–H and O–H groups in total. The van der Waals surface area contributed by atoms with E-state index < -0.39 is 18.2 Å². The number of rotatable bonds is 5. The molecule has 2 rings (SSSR count). The van der Waals surface area contributed by atoms with Crippen LogP contribution in [0.3, 0.4) is 0 Å². The molecule has 0 saturated carbocycles. The number of ether oxygens (including phenoxy) is 4. The highest BCUT2D eigenvalue weighted by Crippen LogP contribution is 2.26. The van der Waals surface area contributed by atoms with E-state index in [9.17, 15) is 9.90 Å². The largest absolute Gasteiger partial charge is 0.449 e. The Balaban J connectivity index is 2.19. The van der Waals surface area contributed by atoms with E-state index in [1.807, 2.05) is 18.2 Å². The van der Waals surface area contributed by atoms with Gasteiger partial charge in [-0.1, -0.05) is 55.4 Å². The fraction of sp³-hybridized carbons (Fsp3) is 0.577. The van der Waals surface area contributed by atoms with Crippen LogP contribution in [-0.4, -0.2) is 55.5 Å². The number of aliphatic hydroxyl groups is 1. The highest BCUT2D eigenvalue weighted by Gasteiger charge is 2.22. The predicted octanol–water partition coefficient (Wildman–Crippen LogP) is 3.86. The predicted molar refractivity (Wildman–Crippen MR) is 124 cm³/mol. The summed E-state index contributed by atoms with van der Waals surface area (Å²) in [5, 5.41) is 10.2. The number of hydrogen-bond donors (Lipinski definition) is 1. The average molecular weight is 445 g/mol. The molecule has 176 valence electrons. The van der Waals surface area contributed by atoms with Gasteiger partial charge in [0.15, 0.2) is 0 Å². The van der Waals surface area contributed by atoms with Crippen LogP contribution in [0.4, 0.5) is 0 Å². The molecule has 0 unspecified atom stereocenters. The first kappa shape index (κ1) is 26.1. The first-order valence-corrected chi connectivity index (χ1v) is 11.2. The summed E-state index contributed by atoms with van der Waals surface area (Å²) >= 11 is 0. The number of carbonyl (C=O) groups is 1. The summed E-state index contributed by atoms with van der Waals surface area (Å²) < 4.78 is 22.4. The Bertz CT molecular complexity index is 743. The van der Waals surface area contributed by atoms with Crippen molar-refractivity contribution < 1.29 is 28.8 Å². The maximum Gasteiger partial charge on any atom is 0.384 e. The van der Waals surface area contributed by atoms with E-state index in [1.165, 1.54) is 6.08 Å². The Hall–Kier alpha value is -2.17. The summed E-state index contributed by atoms with van der Waals surface area (Å²) in [5.41, 5.74) is 1.09. The van der Waals surface area contributed by atoms with Crippen molar-refractivity contribution in [3.05, 3.63) is 49.1 Å². The van der Waals surface area contributed by atoms with Crippen LogP contribution < -0.4 is 0 Å². The Morgan fingerprint density at radius 1 is 1.31 bits per heavy atom. The monoisotopic (exact) mass is 444 g/mol. The Morgan fingerprint density at radius 2 is 2.09 bits per heavy atom. The second kappa shape index (κ2) is 14.1. The van der Waals surface area contributed by atoms with Crippen molar-refractivity contribution in [2.24, 2.45) is 5.92 Å². The average Bonchev–Trinajstić information content (AvgIpc) is 2.75. The summed E-state index contributed by atoms with van der Waals surface area (Å²) in [5.74, 6) is 5.08. The van der Waals surface area contributed by atoms with Crippen molar-refractivity contribution in [1.82, 2.24) is 0 Å². The standard InChI is InChI=1S/C26H36O6/c1-5-24(27)25-13-7-11-22(30-18-29-4)16-19(2)15-20(3)17-23-12-6-9-21(31-23)10-8-14-26(28)32-25/h5-7,9,11,20-25,27H,1-2,10,12-13,15-18H2,3-4H3/t20-,21-,22+,23-,24-,25-/m0/s1. The lowest BCUT2D eigenvalue weighted by Gasteiger charge is -2.28. The summed E-state index contributed by atoms with van der Waals surface area (Å²) in [7, 11) is 1.57. The zero-order valence-corrected chi connectivity index (χ0v) is 19.2. The van der Waals surface area contributed by atoms with Crippen molar-refractivity contribution in [3.8, 4) is 11.8 Å². The van der Waals surface area contributed by atoms with Gasteiger partial charge in [0.2, 0.25) is 0 Å². The molecular weight excluding hydrogens is 408 g/mol. The lowest BCUT2D eigenvalue weighted by atomic mass is 9.91. The summed E-state index contributed by atoms with van der Waals surface area (Å²) in [6.07, 6.45) is 11.2. The molecule has 2 aliphatic rings. The number of aliphatic hydroxyl groups excluding tert-OH is 1. The molecule has 32 heavy (non-hydrogen) atoms. The van der Waals surface area contributed by atoms with E-state index in [1.54, 1.807) is 7.11 Å². The van der Waals surface area contributed by atoms with Crippen molar-refractivity contribution >= 4 is 5.97 Å². The van der Waals surface area contributed by atoms with Crippen LogP contribution in [0.15, 0.2) is 49.1 Å².